The number of carbonyl (C=O) groups excluding carboxylic acids is 2. The van der Waals surface area contributed by atoms with Gasteiger partial charge in [-0.3, -0.25) is 9.59 Å². The van der Waals surface area contributed by atoms with Crippen LogP contribution >= 0.6 is 0 Å². The largest absolute Gasteiger partial charge is 0.487 e. The van der Waals surface area contributed by atoms with E-state index in [1.165, 1.54) is 6.07 Å². The minimum atomic E-state index is -0.362. The summed E-state index contributed by atoms with van der Waals surface area (Å²) in [5, 5.41) is 0. The van der Waals surface area contributed by atoms with Crippen molar-refractivity contribution in [2.45, 2.75) is 59.5 Å². The fourth-order valence-corrected chi connectivity index (χ4v) is 3.95. The summed E-state index contributed by atoms with van der Waals surface area (Å²) >= 11 is 0. The van der Waals surface area contributed by atoms with Crippen molar-refractivity contribution in [3.05, 3.63) is 58.9 Å². The lowest BCUT2D eigenvalue weighted by molar-refractivity contribution is -0.143. The molecule has 0 saturated carbocycles. The van der Waals surface area contributed by atoms with E-state index in [4.69, 9.17) is 9.47 Å². The molecule has 0 aromatic heterocycles. The van der Waals surface area contributed by atoms with Gasteiger partial charge < -0.3 is 14.4 Å². The maximum absolute atomic E-state index is 14.5. The van der Waals surface area contributed by atoms with Gasteiger partial charge in [-0.15, -0.1) is 0 Å². The van der Waals surface area contributed by atoms with Crippen molar-refractivity contribution < 1.29 is 23.5 Å². The Kier molecular flexibility index (Phi) is 8.26. The third-order valence-corrected chi connectivity index (χ3v) is 5.48. The summed E-state index contributed by atoms with van der Waals surface area (Å²) in [4.78, 5) is 26.2. The first kappa shape index (κ1) is 23.8. The van der Waals surface area contributed by atoms with Crippen LogP contribution in [-0.2, 0) is 33.8 Å². The highest BCUT2D eigenvalue weighted by molar-refractivity contribution is 5.96. The highest BCUT2D eigenvalue weighted by atomic mass is 19.1. The summed E-state index contributed by atoms with van der Waals surface area (Å²) in [6.45, 7) is 7.02. The van der Waals surface area contributed by atoms with E-state index in [1.807, 2.05) is 36.9 Å². The maximum atomic E-state index is 14.5. The Morgan fingerprint density at radius 2 is 2.00 bits per heavy atom. The van der Waals surface area contributed by atoms with Crippen LogP contribution < -0.4 is 9.64 Å². The molecular weight excluding hydrogens is 409 g/mol. The quantitative estimate of drug-likeness (QED) is 0.500. The highest BCUT2D eigenvalue weighted by Crippen LogP contribution is 2.37. The topological polar surface area (TPSA) is 55.8 Å². The molecule has 5 nitrogen and oxygen atoms in total. The van der Waals surface area contributed by atoms with Gasteiger partial charge in [-0.1, -0.05) is 38.1 Å². The van der Waals surface area contributed by atoms with Crippen molar-refractivity contribution in [2.24, 2.45) is 5.92 Å². The first-order chi connectivity index (χ1) is 15.4. The molecule has 1 heterocycles. The maximum Gasteiger partial charge on any atom is 0.306 e. The molecule has 0 aliphatic carbocycles. The minimum absolute atomic E-state index is 0.106. The fourth-order valence-electron chi connectivity index (χ4n) is 3.95. The lowest BCUT2D eigenvalue weighted by Crippen LogP contribution is -2.36. The number of esters is 1. The van der Waals surface area contributed by atoms with E-state index in [-0.39, 0.29) is 36.6 Å². The Bertz CT molecular complexity index is 957. The molecule has 6 heteroatoms. The molecule has 2 aromatic carbocycles. The number of hydrogen-bond acceptors (Lipinski definition) is 4. The predicted octanol–water partition coefficient (Wildman–Crippen LogP) is 5.23. The number of para-hydroxylation sites is 1. The summed E-state index contributed by atoms with van der Waals surface area (Å²) in [6, 6.07) is 10.8. The van der Waals surface area contributed by atoms with Crippen LogP contribution in [0.3, 0.4) is 0 Å². The second-order valence-electron chi connectivity index (χ2n) is 8.53. The molecule has 3 rings (SSSR count). The van der Waals surface area contributed by atoms with Gasteiger partial charge in [-0.2, -0.15) is 0 Å². The van der Waals surface area contributed by atoms with Gasteiger partial charge in [0, 0.05) is 19.4 Å². The summed E-state index contributed by atoms with van der Waals surface area (Å²) in [5.41, 5.74) is 3.11. The second-order valence-corrected chi connectivity index (χ2v) is 8.53. The van der Waals surface area contributed by atoms with Crippen LogP contribution in [0.4, 0.5) is 10.1 Å². The van der Waals surface area contributed by atoms with Gasteiger partial charge in [-0.25, -0.2) is 4.39 Å². The van der Waals surface area contributed by atoms with Crippen LogP contribution in [0.2, 0.25) is 0 Å². The lowest BCUT2D eigenvalue weighted by Gasteiger charge is -2.31. The molecule has 0 fully saturated rings. The number of benzene rings is 2. The molecule has 0 spiro atoms. The third-order valence-electron chi connectivity index (χ3n) is 5.48. The van der Waals surface area contributed by atoms with Gasteiger partial charge in [-0.05, 0) is 60.9 Å². The smallest absolute Gasteiger partial charge is 0.306 e. The van der Waals surface area contributed by atoms with Crippen LogP contribution in [-0.4, -0.2) is 25.0 Å². The number of fused-ring (bicyclic) bond motifs is 1. The Labute approximate surface area is 189 Å². The molecule has 2 aromatic rings. The molecule has 1 amide bonds. The van der Waals surface area contributed by atoms with E-state index >= 15 is 0 Å². The van der Waals surface area contributed by atoms with Crippen molar-refractivity contribution in [3.63, 3.8) is 0 Å². The van der Waals surface area contributed by atoms with E-state index in [1.54, 1.807) is 19.1 Å². The summed E-state index contributed by atoms with van der Waals surface area (Å²) < 4.78 is 25.5. The van der Waals surface area contributed by atoms with Crippen molar-refractivity contribution in [1.29, 1.82) is 0 Å². The molecule has 1 aliphatic heterocycles. The zero-order valence-electron chi connectivity index (χ0n) is 19.2. The van der Waals surface area contributed by atoms with Gasteiger partial charge in [0.15, 0.2) is 0 Å². The first-order valence-electron chi connectivity index (χ1n) is 11.4. The number of ether oxygens (including phenoxy) is 2. The van der Waals surface area contributed by atoms with Gasteiger partial charge in [0.05, 0.1) is 12.3 Å². The molecule has 172 valence electrons. The van der Waals surface area contributed by atoms with Crippen molar-refractivity contribution >= 4 is 17.6 Å². The SMILES string of the molecule is CCOC(=O)CCc1ccc(COc2cccc3c2N(C(=O)CC(C)C)CCC3)cc1F. The fraction of sp³-hybridized carbons (Fsp3) is 0.462. The van der Waals surface area contributed by atoms with Gasteiger partial charge in [0.1, 0.15) is 18.2 Å². The number of rotatable bonds is 9. The molecule has 0 atom stereocenters. The van der Waals surface area contributed by atoms with Crippen LogP contribution in [0.15, 0.2) is 36.4 Å². The summed E-state index contributed by atoms with van der Waals surface area (Å²) in [5.74, 6) is 0.343. The molecule has 0 bridgehead atoms. The average Bonchev–Trinajstić information content (AvgIpc) is 2.76. The van der Waals surface area contributed by atoms with Crippen LogP contribution in [0.25, 0.3) is 0 Å². The summed E-state index contributed by atoms with van der Waals surface area (Å²) in [7, 11) is 0. The molecule has 0 unspecified atom stereocenters. The van der Waals surface area contributed by atoms with Crippen molar-refractivity contribution in [3.8, 4) is 5.75 Å². The van der Waals surface area contributed by atoms with Gasteiger partial charge >= 0.3 is 5.97 Å². The second kappa shape index (κ2) is 11.1. The van der Waals surface area contributed by atoms with Gasteiger partial charge in [0.25, 0.3) is 0 Å². The lowest BCUT2D eigenvalue weighted by atomic mass is 9.99. The Morgan fingerprint density at radius 3 is 2.72 bits per heavy atom. The number of aryl methyl sites for hydroxylation is 2. The van der Waals surface area contributed by atoms with E-state index in [2.05, 4.69) is 0 Å². The molecule has 0 radical (unpaired) electrons. The standard InChI is InChI=1S/C26H32FNO4/c1-4-31-25(30)13-12-20-11-10-19(16-22(20)27)17-32-23-9-5-7-21-8-6-14-28(26(21)23)24(29)15-18(2)3/h5,7,9-11,16,18H,4,6,8,12-15,17H2,1-3H3. The van der Waals surface area contributed by atoms with E-state index in [0.29, 0.717) is 42.9 Å². The van der Waals surface area contributed by atoms with Crippen molar-refractivity contribution in [1.82, 2.24) is 0 Å². The molecular formula is C26H32FNO4. The number of halogens is 1. The summed E-state index contributed by atoms with van der Waals surface area (Å²) in [6.07, 6.45) is 2.77. The Balaban J connectivity index is 1.70. The molecule has 32 heavy (non-hydrogen) atoms. The zero-order valence-corrected chi connectivity index (χ0v) is 19.2. The van der Waals surface area contributed by atoms with Crippen LogP contribution in [0.5, 0.6) is 5.75 Å². The number of hydrogen-bond donors (Lipinski definition) is 0. The van der Waals surface area contributed by atoms with E-state index in [9.17, 15) is 14.0 Å². The van der Waals surface area contributed by atoms with Crippen molar-refractivity contribution in [2.75, 3.05) is 18.1 Å². The highest BCUT2D eigenvalue weighted by Gasteiger charge is 2.26. The van der Waals surface area contributed by atoms with Gasteiger partial charge in [0.2, 0.25) is 5.91 Å². The normalized spacial score (nSPS) is 13.1. The first-order valence-corrected chi connectivity index (χ1v) is 11.4. The van der Waals surface area contributed by atoms with E-state index in [0.717, 1.165) is 24.1 Å². The van der Waals surface area contributed by atoms with Crippen LogP contribution in [0, 0.1) is 11.7 Å². The Morgan fingerprint density at radius 1 is 1.19 bits per heavy atom. The Hall–Kier alpha value is -2.89. The monoisotopic (exact) mass is 441 g/mol. The molecule has 1 aliphatic rings. The zero-order chi connectivity index (χ0) is 23.1. The third kappa shape index (κ3) is 6.09. The number of anilines is 1. The number of carbonyl (C=O) groups is 2. The number of nitrogens with zero attached hydrogens (tertiary/aromatic N) is 1. The van der Waals surface area contributed by atoms with Crippen LogP contribution in [0.1, 0.15) is 56.7 Å². The minimum Gasteiger partial charge on any atom is -0.487 e. The average molecular weight is 442 g/mol. The molecule has 0 saturated heterocycles. The van der Waals surface area contributed by atoms with E-state index < -0.39 is 0 Å². The predicted molar refractivity (Wildman–Crippen MR) is 122 cm³/mol. The number of amides is 1. The molecule has 0 N–H and O–H groups in total.